The second-order valence-electron chi connectivity index (χ2n) is 6.38. The Morgan fingerprint density at radius 2 is 2.23 bits per heavy atom. The molecule has 0 saturated carbocycles. The number of anilines is 1. The summed E-state index contributed by atoms with van der Waals surface area (Å²) in [6.45, 7) is 1.28. The van der Waals surface area contributed by atoms with Crippen molar-refractivity contribution in [3.63, 3.8) is 0 Å². The van der Waals surface area contributed by atoms with Crippen molar-refractivity contribution in [1.82, 2.24) is 24.7 Å². The van der Waals surface area contributed by atoms with Gasteiger partial charge in [0, 0.05) is 19.0 Å². The Hall–Kier alpha value is -3.00. The third kappa shape index (κ3) is 2.41. The van der Waals surface area contributed by atoms with E-state index in [1.165, 1.54) is 0 Å². The van der Waals surface area contributed by atoms with Gasteiger partial charge in [0.1, 0.15) is 29.9 Å². The summed E-state index contributed by atoms with van der Waals surface area (Å²) < 4.78 is 13.1. The van der Waals surface area contributed by atoms with Gasteiger partial charge in [-0.15, -0.1) is 0 Å². The number of aromatic nitrogens is 5. The quantitative estimate of drug-likeness (QED) is 0.605. The van der Waals surface area contributed by atoms with E-state index < -0.39 is 0 Å². The summed E-state index contributed by atoms with van der Waals surface area (Å²) in [5.74, 6) is 2.29. The fraction of sp³-hybridized carbons (Fsp3) is 0.333. The molecular weight excluding hydrogens is 332 g/mol. The van der Waals surface area contributed by atoms with Crippen LogP contribution in [0.1, 0.15) is 30.5 Å². The molecular formula is C18H18N6O2. The summed E-state index contributed by atoms with van der Waals surface area (Å²) in [5.41, 5.74) is 2.29. The molecule has 3 aromatic heterocycles. The number of benzene rings is 1. The van der Waals surface area contributed by atoms with Crippen molar-refractivity contribution in [3.8, 4) is 0 Å². The lowest BCUT2D eigenvalue weighted by molar-refractivity contribution is 0.177. The van der Waals surface area contributed by atoms with Crippen LogP contribution in [0.4, 0.5) is 5.82 Å². The second kappa shape index (κ2) is 6.06. The molecule has 0 radical (unpaired) electrons. The molecule has 0 amide bonds. The van der Waals surface area contributed by atoms with Crippen LogP contribution in [0.15, 0.2) is 35.0 Å². The van der Waals surface area contributed by atoms with Gasteiger partial charge < -0.3 is 14.5 Å². The number of hydrogen-bond donors (Lipinski definition) is 1. The Morgan fingerprint density at radius 3 is 3.15 bits per heavy atom. The molecule has 0 bridgehead atoms. The van der Waals surface area contributed by atoms with Crippen molar-refractivity contribution in [2.75, 3.05) is 12.4 Å². The molecule has 1 aliphatic rings. The Morgan fingerprint density at radius 1 is 1.31 bits per heavy atom. The lowest BCUT2D eigenvalue weighted by Gasteiger charge is -2.23. The smallest absolute Gasteiger partial charge is 0.196 e. The van der Waals surface area contributed by atoms with Crippen molar-refractivity contribution >= 4 is 27.9 Å². The number of fused-ring (bicyclic) bond motifs is 4. The third-order valence-corrected chi connectivity index (χ3v) is 4.66. The number of nitrogens with zero attached hydrogens (tertiary/aromatic N) is 5. The molecule has 26 heavy (non-hydrogen) atoms. The molecule has 0 spiro atoms. The number of ether oxygens (including phenoxy) is 1. The van der Waals surface area contributed by atoms with Gasteiger partial charge in [0.25, 0.3) is 0 Å². The van der Waals surface area contributed by atoms with Crippen molar-refractivity contribution in [3.05, 3.63) is 42.2 Å². The Labute approximate surface area is 149 Å². The zero-order valence-electron chi connectivity index (χ0n) is 14.3. The Bertz CT molecular complexity index is 1090. The first-order valence-electron chi connectivity index (χ1n) is 8.65. The molecule has 5 rings (SSSR count). The standard InChI is InChI=1S/C18H18N6O2/c1-25-9-14-22-18-12(6-4-8-24(18)23-14)21-17-16-15(19-10-20-17)11-5-2-3-7-13(11)26-16/h2-3,5,7,10,12H,4,6,8-9H2,1H3,(H,19,20,21). The van der Waals surface area contributed by atoms with Crippen molar-refractivity contribution < 1.29 is 9.15 Å². The van der Waals surface area contributed by atoms with Crippen LogP contribution >= 0.6 is 0 Å². The summed E-state index contributed by atoms with van der Waals surface area (Å²) >= 11 is 0. The van der Waals surface area contributed by atoms with E-state index in [2.05, 4.69) is 25.4 Å². The minimum Gasteiger partial charge on any atom is -0.450 e. The van der Waals surface area contributed by atoms with Gasteiger partial charge in [-0.05, 0) is 25.0 Å². The molecule has 4 heterocycles. The molecule has 4 aromatic rings. The molecule has 1 aromatic carbocycles. The van der Waals surface area contributed by atoms with Crippen LogP contribution in [-0.2, 0) is 17.9 Å². The maximum atomic E-state index is 6.01. The highest BCUT2D eigenvalue weighted by Gasteiger charge is 2.26. The van der Waals surface area contributed by atoms with Gasteiger partial charge in [-0.25, -0.2) is 19.6 Å². The number of para-hydroxylation sites is 1. The summed E-state index contributed by atoms with van der Waals surface area (Å²) in [4.78, 5) is 13.4. The first-order chi connectivity index (χ1) is 12.8. The number of nitrogens with one attached hydrogen (secondary N) is 1. The number of methoxy groups -OCH3 is 1. The third-order valence-electron chi connectivity index (χ3n) is 4.66. The molecule has 0 fully saturated rings. The zero-order valence-corrected chi connectivity index (χ0v) is 14.3. The van der Waals surface area contributed by atoms with Gasteiger partial charge in [-0.3, -0.25) is 0 Å². The van der Waals surface area contributed by atoms with Crippen LogP contribution in [0, 0.1) is 0 Å². The lowest BCUT2D eigenvalue weighted by Crippen LogP contribution is -2.23. The summed E-state index contributed by atoms with van der Waals surface area (Å²) in [6.07, 6.45) is 3.54. The highest BCUT2D eigenvalue weighted by Crippen LogP contribution is 2.33. The largest absolute Gasteiger partial charge is 0.450 e. The maximum absolute atomic E-state index is 6.01. The van der Waals surface area contributed by atoms with Crippen molar-refractivity contribution in [2.24, 2.45) is 0 Å². The molecule has 1 aliphatic heterocycles. The fourth-order valence-corrected chi connectivity index (χ4v) is 3.52. The van der Waals surface area contributed by atoms with E-state index in [1.807, 2.05) is 28.9 Å². The van der Waals surface area contributed by atoms with Gasteiger partial charge in [-0.1, -0.05) is 12.1 Å². The van der Waals surface area contributed by atoms with Crippen LogP contribution in [0.5, 0.6) is 0 Å². The number of rotatable bonds is 4. The van der Waals surface area contributed by atoms with Crippen LogP contribution in [0.3, 0.4) is 0 Å². The van der Waals surface area contributed by atoms with Crippen LogP contribution in [0.2, 0.25) is 0 Å². The lowest BCUT2D eigenvalue weighted by atomic mass is 10.1. The SMILES string of the molecule is COCc1nc2n(n1)CCCC2Nc1ncnc2c1oc1ccccc12. The van der Waals surface area contributed by atoms with E-state index >= 15 is 0 Å². The molecule has 0 saturated heterocycles. The number of aryl methyl sites for hydroxylation is 1. The maximum Gasteiger partial charge on any atom is 0.196 e. The van der Waals surface area contributed by atoms with Gasteiger partial charge in [-0.2, -0.15) is 5.10 Å². The predicted molar refractivity (Wildman–Crippen MR) is 95.6 cm³/mol. The average molecular weight is 350 g/mol. The summed E-state index contributed by atoms with van der Waals surface area (Å²) in [7, 11) is 1.65. The van der Waals surface area contributed by atoms with Gasteiger partial charge in [0.05, 0.1) is 6.04 Å². The van der Waals surface area contributed by atoms with Crippen LogP contribution in [-0.4, -0.2) is 31.8 Å². The van der Waals surface area contributed by atoms with E-state index in [0.717, 1.165) is 41.7 Å². The van der Waals surface area contributed by atoms with E-state index in [9.17, 15) is 0 Å². The van der Waals surface area contributed by atoms with Gasteiger partial charge >= 0.3 is 0 Å². The predicted octanol–water partition coefficient (Wildman–Crippen LogP) is 3.06. The van der Waals surface area contributed by atoms with Crippen molar-refractivity contribution in [2.45, 2.75) is 32.0 Å². The fourth-order valence-electron chi connectivity index (χ4n) is 3.52. The summed E-state index contributed by atoms with van der Waals surface area (Å²) in [5, 5.41) is 8.99. The Kier molecular flexibility index (Phi) is 3.56. The molecule has 1 atom stereocenters. The number of furan rings is 1. The zero-order chi connectivity index (χ0) is 17.5. The van der Waals surface area contributed by atoms with E-state index in [-0.39, 0.29) is 6.04 Å². The second-order valence-corrected chi connectivity index (χ2v) is 6.38. The van der Waals surface area contributed by atoms with Crippen LogP contribution < -0.4 is 5.32 Å². The molecule has 0 aliphatic carbocycles. The molecule has 8 nitrogen and oxygen atoms in total. The summed E-state index contributed by atoms with van der Waals surface area (Å²) in [6, 6.07) is 7.90. The molecule has 1 unspecified atom stereocenters. The minimum atomic E-state index is 0.0215. The highest BCUT2D eigenvalue weighted by atomic mass is 16.5. The van der Waals surface area contributed by atoms with Gasteiger partial charge in [0.2, 0.25) is 0 Å². The average Bonchev–Trinajstić information content (AvgIpc) is 3.24. The minimum absolute atomic E-state index is 0.0215. The van der Waals surface area contributed by atoms with Crippen LogP contribution in [0.25, 0.3) is 22.1 Å². The topological polar surface area (TPSA) is 90.9 Å². The van der Waals surface area contributed by atoms with E-state index in [4.69, 9.17) is 9.15 Å². The highest BCUT2D eigenvalue weighted by molar-refractivity contribution is 6.05. The first kappa shape index (κ1) is 15.3. The molecule has 1 N–H and O–H groups in total. The molecule has 132 valence electrons. The Balaban J connectivity index is 1.54. The first-order valence-corrected chi connectivity index (χ1v) is 8.65. The van der Waals surface area contributed by atoms with E-state index in [0.29, 0.717) is 23.8 Å². The number of hydrogen-bond acceptors (Lipinski definition) is 7. The molecule has 8 heteroatoms. The normalized spacial score (nSPS) is 16.9. The van der Waals surface area contributed by atoms with Gasteiger partial charge in [0.15, 0.2) is 17.2 Å². The van der Waals surface area contributed by atoms with Crippen molar-refractivity contribution in [1.29, 1.82) is 0 Å². The monoisotopic (exact) mass is 350 g/mol. The van der Waals surface area contributed by atoms with E-state index in [1.54, 1.807) is 13.4 Å².